The Balaban J connectivity index is 3.02. The maximum Gasteiger partial charge on any atom is 0.344 e. The summed E-state index contributed by atoms with van der Waals surface area (Å²) in [6.45, 7) is 1.34. The summed E-state index contributed by atoms with van der Waals surface area (Å²) >= 11 is 5.69. The van der Waals surface area contributed by atoms with Crippen LogP contribution in [0.25, 0.3) is 0 Å². The zero-order valence-corrected chi connectivity index (χ0v) is 10.3. The molecule has 0 heterocycles. The Labute approximate surface area is 103 Å². The Morgan fingerprint density at radius 3 is 2.53 bits per heavy atom. The average molecular weight is 280 g/mol. The van der Waals surface area contributed by atoms with Crippen LogP contribution in [0.5, 0.6) is 5.75 Å². The van der Waals surface area contributed by atoms with E-state index in [-0.39, 0.29) is 15.7 Å². The molecule has 0 aromatic heterocycles. The number of aliphatic carboxylic acids is 1. The number of rotatable bonds is 4. The van der Waals surface area contributed by atoms with Gasteiger partial charge >= 0.3 is 5.97 Å². The van der Waals surface area contributed by atoms with E-state index >= 15 is 0 Å². The van der Waals surface area contributed by atoms with Crippen molar-refractivity contribution in [2.24, 2.45) is 5.14 Å². The van der Waals surface area contributed by atoms with Crippen molar-refractivity contribution in [3.05, 3.63) is 23.2 Å². The smallest absolute Gasteiger partial charge is 0.344 e. The summed E-state index contributed by atoms with van der Waals surface area (Å²) in [5.74, 6) is -0.992. The van der Waals surface area contributed by atoms with Gasteiger partial charge < -0.3 is 9.84 Å². The fourth-order valence-corrected chi connectivity index (χ4v) is 2.12. The molecule has 0 radical (unpaired) electrons. The van der Waals surface area contributed by atoms with Gasteiger partial charge in [-0.2, -0.15) is 0 Å². The summed E-state index contributed by atoms with van der Waals surface area (Å²) in [7, 11) is -3.90. The molecule has 0 fully saturated rings. The van der Waals surface area contributed by atoms with Gasteiger partial charge in [0, 0.05) is 6.07 Å². The lowest BCUT2D eigenvalue weighted by Gasteiger charge is -2.11. The molecule has 17 heavy (non-hydrogen) atoms. The summed E-state index contributed by atoms with van der Waals surface area (Å²) < 4.78 is 27.1. The van der Waals surface area contributed by atoms with Crippen LogP contribution in [0.15, 0.2) is 23.1 Å². The van der Waals surface area contributed by atoms with E-state index in [4.69, 9.17) is 26.6 Å². The van der Waals surface area contributed by atoms with E-state index in [1.807, 2.05) is 0 Å². The first-order valence-electron chi connectivity index (χ1n) is 4.43. The first-order chi connectivity index (χ1) is 7.71. The molecule has 1 aromatic carbocycles. The maximum atomic E-state index is 11.1. The third kappa shape index (κ3) is 3.58. The van der Waals surface area contributed by atoms with Gasteiger partial charge in [-0.15, -0.1) is 0 Å². The highest BCUT2D eigenvalue weighted by Crippen LogP contribution is 2.25. The molecular formula is C9H10ClNO5S. The van der Waals surface area contributed by atoms with Gasteiger partial charge in [-0.3, -0.25) is 0 Å². The minimum atomic E-state index is -3.90. The molecule has 3 N–H and O–H groups in total. The number of ether oxygens (including phenoxy) is 1. The number of benzene rings is 1. The van der Waals surface area contributed by atoms with E-state index in [1.54, 1.807) is 0 Å². The molecule has 0 aliphatic carbocycles. The Bertz CT molecular complexity index is 542. The van der Waals surface area contributed by atoms with Crippen molar-refractivity contribution in [1.82, 2.24) is 0 Å². The molecule has 1 aromatic rings. The fourth-order valence-electron chi connectivity index (χ4n) is 1.04. The Morgan fingerprint density at radius 1 is 1.53 bits per heavy atom. The Kier molecular flexibility index (Phi) is 3.97. The lowest BCUT2D eigenvalue weighted by atomic mass is 10.3. The second-order valence-electron chi connectivity index (χ2n) is 3.24. The molecule has 6 nitrogen and oxygen atoms in total. The van der Waals surface area contributed by atoms with Crippen LogP contribution in [-0.2, 0) is 14.8 Å². The summed E-state index contributed by atoms with van der Waals surface area (Å²) in [6, 6.07) is 3.63. The molecule has 0 bridgehead atoms. The molecule has 94 valence electrons. The van der Waals surface area contributed by atoms with E-state index in [1.165, 1.54) is 19.1 Å². The van der Waals surface area contributed by atoms with Gasteiger partial charge in [-0.1, -0.05) is 11.6 Å². The molecule has 0 saturated carbocycles. The third-order valence-electron chi connectivity index (χ3n) is 1.87. The van der Waals surface area contributed by atoms with E-state index in [0.717, 1.165) is 6.07 Å². The van der Waals surface area contributed by atoms with Gasteiger partial charge in [-0.05, 0) is 19.1 Å². The number of nitrogens with two attached hydrogens (primary N) is 1. The van der Waals surface area contributed by atoms with Crippen LogP contribution >= 0.6 is 11.6 Å². The Hall–Kier alpha value is -1.31. The molecule has 0 aliphatic heterocycles. The normalized spacial score (nSPS) is 13.1. The van der Waals surface area contributed by atoms with Crippen LogP contribution in [0.3, 0.4) is 0 Å². The predicted molar refractivity (Wildman–Crippen MR) is 60.6 cm³/mol. The molecule has 0 amide bonds. The fraction of sp³-hybridized carbons (Fsp3) is 0.222. The molecule has 1 rings (SSSR count). The number of hydrogen-bond donors (Lipinski definition) is 2. The minimum Gasteiger partial charge on any atom is -0.479 e. The van der Waals surface area contributed by atoms with Crippen molar-refractivity contribution in [3.63, 3.8) is 0 Å². The van der Waals surface area contributed by atoms with Crippen molar-refractivity contribution in [2.45, 2.75) is 17.9 Å². The van der Waals surface area contributed by atoms with Gasteiger partial charge in [0.15, 0.2) is 6.10 Å². The number of sulfonamides is 1. The van der Waals surface area contributed by atoms with Crippen molar-refractivity contribution in [3.8, 4) is 5.75 Å². The van der Waals surface area contributed by atoms with E-state index < -0.39 is 22.1 Å². The summed E-state index contributed by atoms with van der Waals surface area (Å²) in [5.41, 5.74) is 0. The quantitative estimate of drug-likeness (QED) is 0.849. The second kappa shape index (κ2) is 4.91. The van der Waals surface area contributed by atoms with Crippen LogP contribution in [0.1, 0.15) is 6.92 Å². The van der Waals surface area contributed by atoms with Gasteiger partial charge in [0.2, 0.25) is 10.0 Å². The van der Waals surface area contributed by atoms with Crippen LogP contribution in [0.2, 0.25) is 5.02 Å². The first-order valence-corrected chi connectivity index (χ1v) is 6.36. The second-order valence-corrected chi connectivity index (χ2v) is 5.17. The number of halogens is 1. The summed E-state index contributed by atoms with van der Waals surface area (Å²) in [4.78, 5) is 10.3. The molecule has 0 aliphatic rings. The number of primary sulfonamides is 1. The topological polar surface area (TPSA) is 107 Å². The highest BCUT2D eigenvalue weighted by atomic mass is 35.5. The monoisotopic (exact) mass is 279 g/mol. The van der Waals surface area contributed by atoms with Crippen molar-refractivity contribution in [1.29, 1.82) is 0 Å². The lowest BCUT2D eigenvalue weighted by molar-refractivity contribution is -0.144. The van der Waals surface area contributed by atoms with Gasteiger partial charge in [0.05, 0.1) is 5.02 Å². The molecule has 1 atom stereocenters. The average Bonchev–Trinajstić information content (AvgIpc) is 2.15. The highest BCUT2D eigenvalue weighted by Gasteiger charge is 2.16. The zero-order chi connectivity index (χ0) is 13.2. The van der Waals surface area contributed by atoms with E-state index in [0.29, 0.717) is 0 Å². The third-order valence-corrected chi connectivity index (χ3v) is 3.26. The van der Waals surface area contributed by atoms with Crippen LogP contribution in [0, 0.1) is 0 Å². The Morgan fingerprint density at radius 2 is 2.12 bits per heavy atom. The lowest BCUT2D eigenvalue weighted by Crippen LogP contribution is -2.23. The number of carboxylic acids is 1. The predicted octanol–water partition coefficient (Wildman–Crippen LogP) is 0.839. The highest BCUT2D eigenvalue weighted by molar-refractivity contribution is 7.89. The van der Waals surface area contributed by atoms with Gasteiger partial charge in [-0.25, -0.2) is 18.4 Å². The van der Waals surface area contributed by atoms with Gasteiger partial charge in [0.1, 0.15) is 10.6 Å². The number of hydrogen-bond acceptors (Lipinski definition) is 4. The van der Waals surface area contributed by atoms with Crippen LogP contribution in [0.4, 0.5) is 0 Å². The number of carboxylic acid groups (broad SMARTS) is 1. The molecular weight excluding hydrogens is 270 g/mol. The summed E-state index contributed by atoms with van der Waals surface area (Å²) in [6.07, 6.45) is -1.06. The zero-order valence-electron chi connectivity index (χ0n) is 8.75. The molecule has 0 spiro atoms. The molecule has 0 saturated heterocycles. The van der Waals surface area contributed by atoms with Gasteiger partial charge in [0.25, 0.3) is 0 Å². The first kappa shape index (κ1) is 13.8. The maximum absolute atomic E-state index is 11.1. The van der Waals surface area contributed by atoms with Crippen LogP contribution in [-0.4, -0.2) is 25.6 Å². The molecule has 8 heteroatoms. The number of carbonyl (C=O) groups is 1. The van der Waals surface area contributed by atoms with Crippen molar-refractivity contribution in [2.75, 3.05) is 0 Å². The van der Waals surface area contributed by atoms with Crippen LogP contribution < -0.4 is 9.88 Å². The SMILES string of the molecule is CC(Oc1ccc(S(N)(=O)=O)c(Cl)c1)C(=O)O. The minimum absolute atomic E-state index is 0.123. The van der Waals surface area contributed by atoms with Crippen molar-refractivity contribution < 1.29 is 23.1 Å². The largest absolute Gasteiger partial charge is 0.479 e. The van der Waals surface area contributed by atoms with E-state index in [2.05, 4.69) is 0 Å². The standard InChI is InChI=1S/C9H10ClNO5S/c1-5(9(12)13)16-6-2-3-8(7(10)4-6)17(11,14)15/h2-5H,1H3,(H,12,13)(H2,11,14,15). The summed E-state index contributed by atoms with van der Waals surface area (Å²) in [5, 5.41) is 13.4. The molecule has 1 unspecified atom stereocenters. The van der Waals surface area contributed by atoms with Crippen molar-refractivity contribution >= 4 is 27.6 Å². The van der Waals surface area contributed by atoms with E-state index in [9.17, 15) is 13.2 Å².